The minimum Gasteiger partial charge on any atom is -0.495 e. The molecular formula is C31H30Cl2FN5O4. The van der Waals surface area contributed by atoms with Crippen molar-refractivity contribution in [1.29, 1.82) is 0 Å². The maximum absolute atomic E-state index is 16.1. The summed E-state index contributed by atoms with van der Waals surface area (Å²) in [4.78, 5) is 48.6. The number of hydrogen-bond acceptors (Lipinski definition) is 6. The Balaban J connectivity index is 1.60. The zero-order valence-corrected chi connectivity index (χ0v) is 25.5. The molecule has 0 saturated carbocycles. The van der Waals surface area contributed by atoms with Crippen LogP contribution in [0, 0.1) is 11.2 Å². The number of nitrogens with one attached hydrogen (secondary N) is 1. The molecule has 12 heteroatoms. The Bertz CT molecular complexity index is 1700. The Morgan fingerprint density at radius 2 is 1.95 bits per heavy atom. The summed E-state index contributed by atoms with van der Waals surface area (Å²) in [5.74, 6) is -2.74. The molecule has 1 spiro atoms. The van der Waals surface area contributed by atoms with Gasteiger partial charge < -0.3 is 15.8 Å². The summed E-state index contributed by atoms with van der Waals surface area (Å²) in [7, 11) is 1.44. The van der Waals surface area contributed by atoms with Crippen molar-refractivity contribution in [3.63, 3.8) is 0 Å². The van der Waals surface area contributed by atoms with Crippen molar-refractivity contribution >= 4 is 52.3 Å². The van der Waals surface area contributed by atoms with Gasteiger partial charge >= 0.3 is 0 Å². The summed E-state index contributed by atoms with van der Waals surface area (Å²) in [6, 6.07) is 9.30. The maximum Gasteiger partial charge on any atom is 0.248 e. The monoisotopic (exact) mass is 625 g/mol. The van der Waals surface area contributed by atoms with Gasteiger partial charge in [0, 0.05) is 35.0 Å². The van der Waals surface area contributed by atoms with Crippen molar-refractivity contribution in [2.24, 2.45) is 11.1 Å². The molecule has 3 aliphatic rings. The Hall–Kier alpha value is -3.73. The van der Waals surface area contributed by atoms with Gasteiger partial charge in [0.05, 0.1) is 30.5 Å². The lowest BCUT2D eigenvalue weighted by molar-refractivity contribution is -0.122. The minimum absolute atomic E-state index is 0.0839. The molecular weight excluding hydrogens is 596 g/mol. The van der Waals surface area contributed by atoms with Crippen LogP contribution in [-0.4, -0.2) is 53.5 Å². The fourth-order valence-electron chi connectivity index (χ4n) is 7.10. The number of benzene rings is 2. The first-order valence-corrected chi connectivity index (χ1v) is 14.5. The molecule has 3 aromatic rings. The van der Waals surface area contributed by atoms with Crippen LogP contribution in [0.5, 0.6) is 5.75 Å². The fourth-order valence-corrected chi connectivity index (χ4v) is 7.44. The second-order valence-corrected chi connectivity index (χ2v) is 13.2. The molecule has 3 amide bonds. The summed E-state index contributed by atoms with van der Waals surface area (Å²) >= 11 is 12.5. The Morgan fingerprint density at radius 1 is 1.21 bits per heavy atom. The number of pyridine rings is 1. The third kappa shape index (κ3) is 4.38. The highest BCUT2D eigenvalue weighted by Crippen LogP contribution is 2.61. The van der Waals surface area contributed by atoms with Crippen LogP contribution in [0.3, 0.4) is 0 Å². The molecule has 3 N–H and O–H groups in total. The number of aromatic nitrogens is 1. The summed E-state index contributed by atoms with van der Waals surface area (Å²) in [5, 5.41) is 3.05. The highest BCUT2D eigenvalue weighted by Gasteiger charge is 2.71. The van der Waals surface area contributed by atoms with Crippen molar-refractivity contribution < 1.29 is 23.5 Å². The molecule has 6 rings (SSSR count). The van der Waals surface area contributed by atoms with Gasteiger partial charge in [-0.15, -0.1) is 0 Å². The van der Waals surface area contributed by atoms with Gasteiger partial charge in [0.15, 0.2) is 0 Å². The van der Waals surface area contributed by atoms with Gasteiger partial charge in [-0.2, -0.15) is 0 Å². The summed E-state index contributed by atoms with van der Waals surface area (Å²) in [6.07, 6.45) is 2.03. The zero-order chi connectivity index (χ0) is 31.0. The molecule has 2 fully saturated rings. The van der Waals surface area contributed by atoms with Crippen molar-refractivity contribution in [1.82, 2.24) is 9.88 Å². The molecule has 3 aliphatic heterocycles. The maximum atomic E-state index is 16.1. The molecule has 4 atom stereocenters. The number of ether oxygens (including phenoxy) is 1. The molecule has 0 radical (unpaired) electrons. The number of halogens is 3. The van der Waals surface area contributed by atoms with Gasteiger partial charge in [-0.3, -0.25) is 24.2 Å². The third-order valence-corrected chi connectivity index (χ3v) is 9.23. The lowest BCUT2D eigenvalue weighted by atomic mass is 9.62. The van der Waals surface area contributed by atoms with Gasteiger partial charge in [-0.25, -0.2) is 9.37 Å². The van der Waals surface area contributed by atoms with E-state index in [4.69, 9.17) is 33.7 Å². The molecule has 0 aliphatic carbocycles. The van der Waals surface area contributed by atoms with Crippen LogP contribution in [0.4, 0.5) is 15.8 Å². The number of carbonyl (C=O) groups is 3. The van der Waals surface area contributed by atoms with Crippen molar-refractivity contribution in [2.75, 3.05) is 24.0 Å². The van der Waals surface area contributed by atoms with E-state index in [1.54, 1.807) is 35.4 Å². The average Bonchev–Trinajstić information content (AvgIpc) is 3.52. The molecule has 2 saturated heterocycles. The number of amides is 3. The highest BCUT2D eigenvalue weighted by molar-refractivity contribution is 6.31. The van der Waals surface area contributed by atoms with Crippen LogP contribution in [0.25, 0.3) is 0 Å². The van der Waals surface area contributed by atoms with E-state index in [0.29, 0.717) is 23.4 Å². The molecule has 1 aromatic heterocycles. The highest BCUT2D eigenvalue weighted by atomic mass is 35.5. The quantitative estimate of drug-likeness (QED) is 0.381. The largest absolute Gasteiger partial charge is 0.495 e. The smallest absolute Gasteiger partial charge is 0.248 e. The molecule has 4 heterocycles. The molecule has 43 heavy (non-hydrogen) atoms. The van der Waals surface area contributed by atoms with E-state index in [0.717, 1.165) is 0 Å². The van der Waals surface area contributed by atoms with Crippen molar-refractivity contribution in [2.45, 2.75) is 50.6 Å². The van der Waals surface area contributed by atoms with E-state index in [9.17, 15) is 14.4 Å². The first-order valence-electron chi connectivity index (χ1n) is 13.8. The number of rotatable bonds is 5. The van der Waals surface area contributed by atoms with Crippen molar-refractivity contribution in [3.8, 4) is 5.75 Å². The fraction of sp³-hybridized carbons (Fsp3) is 0.355. The molecule has 0 bridgehead atoms. The predicted molar refractivity (Wildman–Crippen MR) is 161 cm³/mol. The SMILES string of the molecule is COc1cc(C(N)=O)ccc1N1CN2[C@@H](CC(C)(C)C)C3(C(=O)Nc4cc(Cl)ncc43)[C@@H](c3cccc(Cl)c3F)[C@@H]2C1=O. The van der Waals surface area contributed by atoms with Crippen molar-refractivity contribution in [3.05, 3.63) is 81.3 Å². The number of anilines is 2. The van der Waals surface area contributed by atoms with Gasteiger partial charge in [0.1, 0.15) is 22.1 Å². The van der Waals surface area contributed by atoms with Gasteiger partial charge in [0.25, 0.3) is 0 Å². The number of hydrogen-bond donors (Lipinski definition) is 2. The second-order valence-electron chi connectivity index (χ2n) is 12.4. The first-order chi connectivity index (χ1) is 20.3. The number of fused-ring (bicyclic) bond motifs is 3. The lowest BCUT2D eigenvalue weighted by Crippen LogP contribution is -2.52. The normalized spacial score (nSPS) is 24.8. The van der Waals surface area contributed by atoms with Crippen LogP contribution in [0.15, 0.2) is 48.7 Å². The Morgan fingerprint density at radius 3 is 2.63 bits per heavy atom. The summed E-state index contributed by atoms with van der Waals surface area (Å²) < 4.78 is 21.6. The van der Waals surface area contributed by atoms with Crippen LogP contribution < -0.4 is 20.7 Å². The standard InChI is InChI=1S/C31H30Cl2FN5O4/c1-30(2,3)12-22-31(17-13-36-23(33)11-19(17)37-29(31)42)24(16-6-5-7-18(32)25(16)34)26-28(41)38(14-39(22)26)20-9-8-15(27(35)40)10-21(20)43-4/h5-11,13,22,24,26H,12,14H2,1-4H3,(H2,35,40)(H,37,42)/t22-,24-,26+,31?/m0/s1. The number of carbonyl (C=O) groups excluding carboxylic acids is 3. The number of nitrogens with two attached hydrogens (primary N) is 1. The topological polar surface area (TPSA) is 118 Å². The summed E-state index contributed by atoms with van der Waals surface area (Å²) in [6.45, 7) is 6.25. The van der Waals surface area contributed by atoms with Crippen LogP contribution in [0.2, 0.25) is 10.2 Å². The van der Waals surface area contributed by atoms with Gasteiger partial charge in [-0.1, -0.05) is 56.1 Å². The van der Waals surface area contributed by atoms with Crippen LogP contribution >= 0.6 is 23.2 Å². The average molecular weight is 627 g/mol. The molecule has 9 nitrogen and oxygen atoms in total. The Kier molecular flexibility index (Phi) is 6.95. The van der Waals surface area contributed by atoms with E-state index in [-0.39, 0.29) is 51.0 Å². The number of primary amides is 1. The zero-order valence-electron chi connectivity index (χ0n) is 24.0. The van der Waals surface area contributed by atoms with Crippen LogP contribution in [-0.2, 0) is 15.0 Å². The van der Waals surface area contributed by atoms with E-state index >= 15 is 4.39 Å². The molecule has 224 valence electrons. The summed E-state index contributed by atoms with van der Waals surface area (Å²) in [5.41, 5.74) is 5.62. The third-order valence-electron chi connectivity index (χ3n) is 8.73. The van der Waals surface area contributed by atoms with E-state index < -0.39 is 35.1 Å². The van der Waals surface area contributed by atoms with Gasteiger partial charge in [0.2, 0.25) is 17.7 Å². The molecule has 1 unspecified atom stereocenters. The second kappa shape index (κ2) is 10.2. The lowest BCUT2D eigenvalue weighted by Gasteiger charge is -2.40. The number of methoxy groups -OCH3 is 1. The predicted octanol–water partition coefficient (Wildman–Crippen LogP) is 5.10. The minimum atomic E-state index is -1.39. The first kappa shape index (κ1) is 29.3. The van der Waals surface area contributed by atoms with E-state index in [1.807, 2.05) is 4.90 Å². The number of nitrogens with zero attached hydrogens (tertiary/aromatic N) is 3. The van der Waals surface area contributed by atoms with E-state index in [2.05, 4.69) is 31.1 Å². The van der Waals surface area contributed by atoms with E-state index in [1.165, 1.54) is 25.3 Å². The van der Waals surface area contributed by atoms with Gasteiger partial charge in [-0.05, 0) is 47.7 Å². The Labute approximate surface area is 258 Å². The molecule has 2 aromatic carbocycles. The van der Waals surface area contributed by atoms with Crippen LogP contribution in [0.1, 0.15) is 54.6 Å².